The highest BCUT2D eigenvalue weighted by Gasteiger charge is 2.17. The van der Waals surface area contributed by atoms with E-state index in [1.165, 1.54) is 55.1 Å². The Bertz CT molecular complexity index is 1060. The van der Waals surface area contributed by atoms with E-state index in [-0.39, 0.29) is 30.6 Å². The zero-order valence-corrected chi connectivity index (χ0v) is 20.0. The molecule has 0 unspecified atom stereocenters. The Hall–Kier alpha value is -2.01. The van der Waals surface area contributed by atoms with E-state index >= 15 is 0 Å². The Morgan fingerprint density at radius 2 is 1.78 bits per heavy atom. The van der Waals surface area contributed by atoms with Crippen LogP contribution in [-0.2, 0) is 6.42 Å². The molecule has 0 spiro atoms. The lowest BCUT2D eigenvalue weighted by Crippen LogP contribution is -2.32. The van der Waals surface area contributed by atoms with Gasteiger partial charge in [-0.25, -0.2) is 4.39 Å². The van der Waals surface area contributed by atoms with Crippen molar-refractivity contribution in [3.63, 3.8) is 0 Å². The monoisotopic (exact) mass is 475 g/mol. The van der Waals surface area contributed by atoms with Crippen LogP contribution in [0.2, 0.25) is 0 Å². The number of aryl methyl sites for hydroxylation is 1. The number of anilines is 1. The maximum absolute atomic E-state index is 13.7. The summed E-state index contributed by atoms with van der Waals surface area (Å²) < 4.78 is 13.7. The average molecular weight is 476 g/mol. The number of benzene rings is 2. The SMILES string of the molecule is Cl.Cl.Fc1ccc2[nH]cc(C3=CCN(CCCCN4CCCc5ccccc54)CC3)c2c1. The molecule has 1 aromatic heterocycles. The maximum Gasteiger partial charge on any atom is 0.123 e. The van der Waals surface area contributed by atoms with Crippen molar-refractivity contribution in [2.75, 3.05) is 37.6 Å². The van der Waals surface area contributed by atoms with Gasteiger partial charge in [-0.05, 0) is 74.1 Å². The second-order valence-corrected chi connectivity index (χ2v) is 8.60. The molecule has 0 saturated carbocycles. The third-order valence-corrected chi connectivity index (χ3v) is 6.64. The number of hydrogen-bond donors (Lipinski definition) is 1. The molecule has 0 amide bonds. The molecule has 6 heteroatoms. The van der Waals surface area contributed by atoms with E-state index in [0.717, 1.165) is 49.1 Å². The molecule has 0 saturated heterocycles. The summed E-state index contributed by atoms with van der Waals surface area (Å²) in [5.74, 6) is -0.169. The second-order valence-electron chi connectivity index (χ2n) is 8.60. The zero-order chi connectivity index (χ0) is 20.3. The lowest BCUT2D eigenvalue weighted by atomic mass is 9.98. The molecule has 3 aromatic rings. The van der Waals surface area contributed by atoms with E-state index < -0.39 is 0 Å². The molecular formula is C26H32Cl2FN3. The van der Waals surface area contributed by atoms with Gasteiger partial charge in [0.2, 0.25) is 0 Å². The molecule has 2 aliphatic heterocycles. The Balaban J connectivity index is 0.00000144. The Morgan fingerprint density at radius 1 is 0.938 bits per heavy atom. The molecule has 1 N–H and O–H groups in total. The van der Waals surface area contributed by atoms with Crippen LogP contribution in [0.4, 0.5) is 10.1 Å². The number of para-hydroxylation sites is 1. The fraction of sp³-hybridized carbons (Fsp3) is 0.385. The molecule has 2 aliphatic rings. The van der Waals surface area contributed by atoms with Crippen LogP contribution in [0, 0.1) is 5.82 Å². The van der Waals surface area contributed by atoms with Crippen LogP contribution >= 0.6 is 24.8 Å². The summed E-state index contributed by atoms with van der Waals surface area (Å²) in [6, 6.07) is 13.9. The van der Waals surface area contributed by atoms with Gasteiger partial charge in [-0.15, -0.1) is 24.8 Å². The highest BCUT2D eigenvalue weighted by atomic mass is 35.5. The Labute approximate surface area is 202 Å². The van der Waals surface area contributed by atoms with Crippen LogP contribution < -0.4 is 4.90 Å². The third kappa shape index (κ3) is 5.31. The van der Waals surface area contributed by atoms with Crippen LogP contribution in [0.1, 0.15) is 36.8 Å². The molecule has 0 bridgehead atoms. The molecule has 2 aromatic carbocycles. The molecule has 5 rings (SSSR count). The smallest absolute Gasteiger partial charge is 0.123 e. The number of rotatable bonds is 6. The van der Waals surface area contributed by atoms with E-state index in [9.17, 15) is 4.39 Å². The molecule has 3 nitrogen and oxygen atoms in total. The first-order valence-corrected chi connectivity index (χ1v) is 11.3. The van der Waals surface area contributed by atoms with Gasteiger partial charge in [0.25, 0.3) is 0 Å². The van der Waals surface area contributed by atoms with Crippen molar-refractivity contribution in [3.05, 3.63) is 71.7 Å². The summed E-state index contributed by atoms with van der Waals surface area (Å²) in [6.07, 6.45) is 10.4. The number of fused-ring (bicyclic) bond motifs is 2. The van der Waals surface area contributed by atoms with Crippen molar-refractivity contribution in [2.24, 2.45) is 0 Å². The number of aromatic amines is 1. The lowest BCUT2D eigenvalue weighted by molar-refractivity contribution is 0.295. The molecule has 172 valence electrons. The predicted molar refractivity (Wildman–Crippen MR) is 138 cm³/mol. The van der Waals surface area contributed by atoms with Crippen molar-refractivity contribution in [1.82, 2.24) is 9.88 Å². The summed E-state index contributed by atoms with van der Waals surface area (Å²) in [7, 11) is 0. The van der Waals surface area contributed by atoms with E-state index in [4.69, 9.17) is 0 Å². The van der Waals surface area contributed by atoms with E-state index in [1.807, 2.05) is 12.3 Å². The highest BCUT2D eigenvalue weighted by Crippen LogP contribution is 2.30. The Morgan fingerprint density at radius 3 is 2.62 bits per heavy atom. The van der Waals surface area contributed by atoms with Crippen molar-refractivity contribution in [1.29, 1.82) is 0 Å². The first-order chi connectivity index (χ1) is 14.8. The van der Waals surface area contributed by atoms with Crippen molar-refractivity contribution < 1.29 is 4.39 Å². The molecule has 32 heavy (non-hydrogen) atoms. The van der Waals surface area contributed by atoms with Crippen LogP contribution in [0.5, 0.6) is 0 Å². The molecule has 0 aliphatic carbocycles. The minimum absolute atomic E-state index is 0. The van der Waals surface area contributed by atoms with Crippen LogP contribution in [-0.4, -0.2) is 42.6 Å². The van der Waals surface area contributed by atoms with Gasteiger partial charge in [-0.2, -0.15) is 0 Å². The number of halogens is 3. The Kier molecular flexibility index (Phi) is 8.64. The molecule has 3 heterocycles. The highest BCUT2D eigenvalue weighted by molar-refractivity contribution is 5.92. The predicted octanol–water partition coefficient (Wildman–Crippen LogP) is 6.47. The minimum Gasteiger partial charge on any atom is -0.371 e. The topological polar surface area (TPSA) is 22.3 Å². The van der Waals surface area contributed by atoms with Gasteiger partial charge in [0.1, 0.15) is 5.82 Å². The third-order valence-electron chi connectivity index (χ3n) is 6.64. The van der Waals surface area contributed by atoms with Gasteiger partial charge < -0.3 is 9.88 Å². The summed E-state index contributed by atoms with van der Waals surface area (Å²) >= 11 is 0. The number of nitrogens with zero attached hydrogens (tertiary/aromatic N) is 2. The standard InChI is InChI=1S/C26H30FN3.2ClH/c27-22-9-10-25-23(18-22)24(19-28-25)20-11-16-29(17-12-20)13-3-4-14-30-15-5-7-21-6-1-2-8-26(21)30;;/h1-2,6,8-11,18-19,28H,3-5,7,12-17H2;2*1H. The number of hydrogen-bond acceptors (Lipinski definition) is 2. The van der Waals surface area contributed by atoms with Gasteiger partial charge in [0, 0.05) is 54.5 Å². The lowest BCUT2D eigenvalue weighted by Gasteiger charge is -2.32. The van der Waals surface area contributed by atoms with Crippen LogP contribution in [0.3, 0.4) is 0 Å². The quantitative estimate of drug-likeness (QED) is 0.412. The van der Waals surface area contributed by atoms with E-state index in [2.05, 4.69) is 45.1 Å². The van der Waals surface area contributed by atoms with Gasteiger partial charge in [0.15, 0.2) is 0 Å². The number of H-pyrrole nitrogens is 1. The fourth-order valence-corrected chi connectivity index (χ4v) is 5.00. The van der Waals surface area contributed by atoms with Gasteiger partial charge in [-0.3, -0.25) is 4.90 Å². The maximum atomic E-state index is 13.7. The van der Waals surface area contributed by atoms with E-state index in [1.54, 1.807) is 6.07 Å². The first kappa shape index (κ1) is 24.6. The molecule has 0 fully saturated rings. The van der Waals surface area contributed by atoms with Crippen LogP contribution in [0.25, 0.3) is 16.5 Å². The van der Waals surface area contributed by atoms with Crippen molar-refractivity contribution in [3.8, 4) is 0 Å². The molecule has 0 atom stereocenters. The largest absolute Gasteiger partial charge is 0.371 e. The van der Waals surface area contributed by atoms with Crippen LogP contribution in [0.15, 0.2) is 54.7 Å². The summed E-state index contributed by atoms with van der Waals surface area (Å²) in [6.45, 7) is 5.58. The van der Waals surface area contributed by atoms with Gasteiger partial charge in [-0.1, -0.05) is 24.3 Å². The van der Waals surface area contributed by atoms with Crippen molar-refractivity contribution >= 4 is 47.0 Å². The van der Waals surface area contributed by atoms with Crippen molar-refractivity contribution in [2.45, 2.75) is 32.1 Å². The first-order valence-electron chi connectivity index (χ1n) is 11.3. The minimum atomic E-state index is -0.169. The number of unbranched alkanes of at least 4 members (excludes halogenated alkanes) is 1. The fourth-order valence-electron chi connectivity index (χ4n) is 5.00. The molecule has 0 radical (unpaired) electrons. The van der Waals surface area contributed by atoms with E-state index in [0.29, 0.717) is 0 Å². The number of nitrogens with one attached hydrogen (secondary N) is 1. The second kappa shape index (κ2) is 11.2. The van der Waals surface area contributed by atoms with Gasteiger partial charge >= 0.3 is 0 Å². The average Bonchev–Trinajstić information content (AvgIpc) is 3.20. The van der Waals surface area contributed by atoms with Gasteiger partial charge in [0.05, 0.1) is 0 Å². The summed E-state index contributed by atoms with van der Waals surface area (Å²) in [5.41, 5.74) is 6.47. The summed E-state index contributed by atoms with van der Waals surface area (Å²) in [5, 5.41) is 0.997. The normalized spacial score (nSPS) is 16.2. The number of aromatic nitrogens is 1. The summed E-state index contributed by atoms with van der Waals surface area (Å²) in [4.78, 5) is 8.40. The molecular weight excluding hydrogens is 444 g/mol. The zero-order valence-electron chi connectivity index (χ0n) is 18.4.